The number of anilines is 1. The van der Waals surface area contributed by atoms with Gasteiger partial charge in [0.2, 0.25) is 0 Å². The molecule has 1 rings (SSSR count). The third-order valence-electron chi connectivity index (χ3n) is 2.46. The molecule has 0 radical (unpaired) electrons. The third-order valence-corrected chi connectivity index (χ3v) is 2.83. The fourth-order valence-electron chi connectivity index (χ4n) is 1.58. The van der Waals surface area contributed by atoms with Gasteiger partial charge in [0, 0.05) is 18.5 Å². The van der Waals surface area contributed by atoms with E-state index in [4.69, 9.17) is 16.7 Å². The van der Waals surface area contributed by atoms with E-state index >= 15 is 0 Å². The first kappa shape index (κ1) is 16.0. The van der Waals surface area contributed by atoms with Crippen LogP contribution in [0.4, 0.5) is 19.0 Å². The van der Waals surface area contributed by atoms with Crippen LogP contribution in [0.3, 0.4) is 0 Å². The molecule has 108 valence electrons. The first-order valence-electron chi connectivity index (χ1n) is 5.74. The molecule has 0 atom stereocenters. The van der Waals surface area contributed by atoms with Gasteiger partial charge in [-0.3, -0.25) is 0 Å². The third kappa shape index (κ3) is 4.50. The minimum atomic E-state index is -4.38. The lowest BCUT2D eigenvalue weighted by Gasteiger charge is -2.26. The maximum Gasteiger partial charge on any atom is 0.405 e. The second kappa shape index (κ2) is 6.38. The normalized spacial score (nSPS) is 11.7. The van der Waals surface area contributed by atoms with Gasteiger partial charge in [-0.1, -0.05) is 18.5 Å². The van der Waals surface area contributed by atoms with Gasteiger partial charge in [0.25, 0.3) is 0 Å². The molecule has 1 aromatic heterocycles. The van der Waals surface area contributed by atoms with Crippen molar-refractivity contribution in [3.63, 3.8) is 0 Å². The maximum atomic E-state index is 12.5. The molecule has 1 aromatic rings. The molecular formula is C11H15ClF3N3O. The van der Waals surface area contributed by atoms with Gasteiger partial charge < -0.3 is 10.0 Å². The number of aliphatic hydroxyl groups excluding tert-OH is 1. The Hall–Kier alpha value is -1.08. The molecule has 0 amide bonds. The Morgan fingerprint density at radius 2 is 1.95 bits per heavy atom. The van der Waals surface area contributed by atoms with Crippen LogP contribution < -0.4 is 4.90 Å². The molecule has 4 nitrogen and oxygen atoms in total. The summed E-state index contributed by atoms with van der Waals surface area (Å²) < 4.78 is 37.6. The van der Waals surface area contributed by atoms with Gasteiger partial charge >= 0.3 is 6.18 Å². The Labute approximate surface area is 114 Å². The Kier molecular flexibility index (Phi) is 5.37. The number of rotatable bonds is 5. The second-order valence-electron chi connectivity index (χ2n) is 3.99. The fourth-order valence-corrected chi connectivity index (χ4v) is 1.77. The molecule has 0 saturated carbocycles. The van der Waals surface area contributed by atoms with E-state index in [9.17, 15) is 13.2 Å². The minimum absolute atomic E-state index is 0.114. The zero-order valence-corrected chi connectivity index (χ0v) is 11.4. The highest BCUT2D eigenvalue weighted by Gasteiger charge is 2.32. The SMILES string of the molecule is CCc1nc(Cl)c(C)c(N(CCO)CC(F)(F)F)n1. The Balaban J connectivity index is 3.17. The molecule has 0 aliphatic rings. The van der Waals surface area contributed by atoms with Gasteiger partial charge in [0.1, 0.15) is 23.3 Å². The van der Waals surface area contributed by atoms with Crippen molar-refractivity contribution in [3.8, 4) is 0 Å². The summed E-state index contributed by atoms with van der Waals surface area (Å²) in [5.41, 5.74) is 0.372. The first-order chi connectivity index (χ1) is 8.78. The number of aryl methyl sites for hydroxylation is 1. The van der Waals surface area contributed by atoms with Crippen LogP contribution in [0.25, 0.3) is 0 Å². The molecule has 0 saturated heterocycles. The Morgan fingerprint density at radius 3 is 2.42 bits per heavy atom. The van der Waals surface area contributed by atoms with Crippen molar-refractivity contribution in [2.45, 2.75) is 26.4 Å². The van der Waals surface area contributed by atoms with E-state index in [0.717, 1.165) is 4.90 Å². The van der Waals surface area contributed by atoms with E-state index in [-0.39, 0.29) is 17.5 Å². The summed E-state index contributed by atoms with van der Waals surface area (Å²) in [6, 6.07) is 0. The van der Waals surface area contributed by atoms with Crippen LogP contribution in [-0.4, -0.2) is 40.9 Å². The lowest BCUT2D eigenvalue weighted by Crippen LogP contribution is -2.37. The number of alkyl halides is 3. The Bertz CT molecular complexity index is 440. The quantitative estimate of drug-likeness (QED) is 0.848. The van der Waals surface area contributed by atoms with Crippen LogP contribution in [0.15, 0.2) is 0 Å². The first-order valence-corrected chi connectivity index (χ1v) is 6.11. The fraction of sp³-hybridized carbons (Fsp3) is 0.636. The number of halogens is 4. The number of hydrogen-bond acceptors (Lipinski definition) is 4. The van der Waals surface area contributed by atoms with Gasteiger partial charge in [0.15, 0.2) is 0 Å². The van der Waals surface area contributed by atoms with Gasteiger partial charge in [-0.2, -0.15) is 13.2 Å². The maximum absolute atomic E-state index is 12.5. The van der Waals surface area contributed by atoms with Crippen molar-refractivity contribution in [3.05, 3.63) is 16.5 Å². The molecule has 8 heteroatoms. The van der Waals surface area contributed by atoms with Gasteiger partial charge in [-0.25, -0.2) is 9.97 Å². The van der Waals surface area contributed by atoms with E-state index in [1.807, 2.05) is 0 Å². The van der Waals surface area contributed by atoms with Crippen molar-refractivity contribution in [2.75, 3.05) is 24.6 Å². The number of nitrogens with zero attached hydrogens (tertiary/aromatic N) is 3. The Morgan fingerprint density at radius 1 is 1.32 bits per heavy atom. The number of hydrogen-bond donors (Lipinski definition) is 1. The molecular weight excluding hydrogens is 283 g/mol. The largest absolute Gasteiger partial charge is 0.405 e. The molecule has 1 heterocycles. The topological polar surface area (TPSA) is 49.2 Å². The molecule has 0 unspecified atom stereocenters. The summed E-state index contributed by atoms with van der Waals surface area (Å²) in [5, 5.41) is 9.03. The summed E-state index contributed by atoms with van der Waals surface area (Å²) in [6.45, 7) is 1.57. The molecule has 0 fully saturated rings. The summed E-state index contributed by atoms with van der Waals surface area (Å²) in [7, 11) is 0. The van der Waals surface area contributed by atoms with Crippen molar-refractivity contribution >= 4 is 17.4 Å². The highest BCUT2D eigenvalue weighted by Crippen LogP contribution is 2.26. The van der Waals surface area contributed by atoms with Crippen LogP contribution in [0.1, 0.15) is 18.3 Å². The summed E-state index contributed by atoms with van der Waals surface area (Å²) >= 11 is 5.89. The molecule has 1 N–H and O–H groups in total. The lowest BCUT2D eigenvalue weighted by atomic mass is 10.3. The van der Waals surface area contributed by atoms with Crippen LogP contribution in [0.5, 0.6) is 0 Å². The molecule has 0 aromatic carbocycles. The molecule has 0 spiro atoms. The van der Waals surface area contributed by atoms with E-state index < -0.39 is 19.3 Å². The number of aliphatic hydroxyl groups is 1. The van der Waals surface area contributed by atoms with E-state index in [2.05, 4.69) is 9.97 Å². The van der Waals surface area contributed by atoms with Gasteiger partial charge in [0.05, 0.1) is 6.61 Å². The van der Waals surface area contributed by atoms with Crippen molar-refractivity contribution in [2.24, 2.45) is 0 Å². The van der Waals surface area contributed by atoms with E-state index in [1.54, 1.807) is 13.8 Å². The zero-order chi connectivity index (χ0) is 14.6. The van der Waals surface area contributed by atoms with Crippen LogP contribution >= 0.6 is 11.6 Å². The zero-order valence-electron chi connectivity index (χ0n) is 10.6. The molecule has 0 bridgehead atoms. The van der Waals surface area contributed by atoms with Crippen LogP contribution in [-0.2, 0) is 6.42 Å². The number of aromatic nitrogens is 2. The smallest absolute Gasteiger partial charge is 0.395 e. The van der Waals surface area contributed by atoms with Crippen molar-refractivity contribution in [1.82, 2.24) is 9.97 Å². The van der Waals surface area contributed by atoms with E-state index in [1.165, 1.54) is 0 Å². The van der Waals surface area contributed by atoms with Crippen LogP contribution in [0, 0.1) is 6.92 Å². The monoisotopic (exact) mass is 297 g/mol. The summed E-state index contributed by atoms with van der Waals surface area (Å²) in [5.74, 6) is 0.485. The van der Waals surface area contributed by atoms with E-state index in [0.29, 0.717) is 17.8 Å². The molecule has 0 aliphatic carbocycles. The average Bonchev–Trinajstić information content (AvgIpc) is 2.30. The lowest BCUT2D eigenvalue weighted by molar-refractivity contribution is -0.120. The minimum Gasteiger partial charge on any atom is -0.395 e. The van der Waals surface area contributed by atoms with Gasteiger partial charge in [-0.15, -0.1) is 0 Å². The van der Waals surface area contributed by atoms with Crippen molar-refractivity contribution < 1.29 is 18.3 Å². The highest BCUT2D eigenvalue weighted by molar-refractivity contribution is 6.30. The molecule has 19 heavy (non-hydrogen) atoms. The highest BCUT2D eigenvalue weighted by atomic mass is 35.5. The van der Waals surface area contributed by atoms with Gasteiger partial charge in [-0.05, 0) is 6.92 Å². The standard InChI is InChI=1S/C11H15ClF3N3O/c1-3-8-16-9(12)7(2)10(17-8)18(4-5-19)6-11(13,14)15/h19H,3-6H2,1-2H3. The predicted molar refractivity (Wildman–Crippen MR) is 66.5 cm³/mol. The average molecular weight is 298 g/mol. The van der Waals surface area contributed by atoms with Crippen LogP contribution in [0.2, 0.25) is 5.15 Å². The molecule has 0 aliphatic heterocycles. The summed E-state index contributed by atoms with van der Waals surface area (Å²) in [4.78, 5) is 9.01. The summed E-state index contributed by atoms with van der Waals surface area (Å²) in [6.07, 6.45) is -3.92. The second-order valence-corrected chi connectivity index (χ2v) is 4.35. The predicted octanol–water partition coefficient (Wildman–Crippen LogP) is 2.36. The van der Waals surface area contributed by atoms with Crippen molar-refractivity contribution in [1.29, 1.82) is 0 Å².